The SMILES string of the molecule is CCCCCCCc1cccc(C2CCC(c3ccc(OCC4CO4)cc3)CC2)c1OCC1CO1. The van der Waals surface area contributed by atoms with Crippen molar-refractivity contribution >= 4 is 0 Å². The molecule has 3 aliphatic rings. The number of para-hydroxylation sites is 1. The number of aryl methyl sites for hydroxylation is 1. The molecule has 2 aromatic rings. The third-order valence-corrected chi connectivity index (χ3v) is 7.85. The van der Waals surface area contributed by atoms with E-state index in [4.69, 9.17) is 18.9 Å². The molecule has 2 heterocycles. The Morgan fingerprint density at radius 1 is 0.743 bits per heavy atom. The van der Waals surface area contributed by atoms with Crippen LogP contribution in [0.2, 0.25) is 0 Å². The van der Waals surface area contributed by atoms with Crippen molar-refractivity contribution in [3.05, 3.63) is 59.2 Å². The minimum atomic E-state index is 0.292. The van der Waals surface area contributed by atoms with Gasteiger partial charge in [0.1, 0.15) is 36.9 Å². The topological polar surface area (TPSA) is 43.5 Å². The molecule has 0 amide bonds. The molecule has 3 fully saturated rings. The van der Waals surface area contributed by atoms with Crippen LogP contribution in [0.4, 0.5) is 0 Å². The Morgan fingerprint density at radius 3 is 2.09 bits per heavy atom. The molecule has 4 heteroatoms. The van der Waals surface area contributed by atoms with Crippen LogP contribution in [0.25, 0.3) is 0 Å². The van der Waals surface area contributed by atoms with E-state index in [1.807, 2.05) is 0 Å². The summed E-state index contributed by atoms with van der Waals surface area (Å²) in [5.74, 6) is 3.34. The van der Waals surface area contributed by atoms with E-state index in [9.17, 15) is 0 Å². The van der Waals surface area contributed by atoms with Gasteiger partial charge in [-0.25, -0.2) is 0 Å². The van der Waals surface area contributed by atoms with Crippen molar-refractivity contribution in [2.24, 2.45) is 0 Å². The van der Waals surface area contributed by atoms with Crippen molar-refractivity contribution in [1.29, 1.82) is 0 Å². The third-order valence-electron chi connectivity index (χ3n) is 7.85. The van der Waals surface area contributed by atoms with Gasteiger partial charge in [-0.2, -0.15) is 0 Å². The number of epoxide rings is 2. The van der Waals surface area contributed by atoms with Crippen molar-refractivity contribution < 1.29 is 18.9 Å². The van der Waals surface area contributed by atoms with E-state index < -0.39 is 0 Å². The maximum atomic E-state index is 6.44. The number of ether oxygens (including phenoxy) is 4. The predicted molar refractivity (Wildman–Crippen MR) is 140 cm³/mol. The zero-order valence-corrected chi connectivity index (χ0v) is 21.4. The third kappa shape index (κ3) is 7.24. The average Bonchev–Trinajstić information content (AvgIpc) is 3.82. The van der Waals surface area contributed by atoms with Gasteiger partial charge in [0.05, 0.1) is 13.2 Å². The number of hydrogen-bond acceptors (Lipinski definition) is 4. The highest BCUT2D eigenvalue weighted by Crippen LogP contribution is 2.44. The lowest BCUT2D eigenvalue weighted by Gasteiger charge is -2.31. The highest BCUT2D eigenvalue weighted by atomic mass is 16.6. The molecular formula is C31H42O4. The second-order valence-corrected chi connectivity index (χ2v) is 10.6. The van der Waals surface area contributed by atoms with Gasteiger partial charge in [0, 0.05) is 0 Å². The number of rotatable bonds is 14. The second kappa shape index (κ2) is 12.3. The fraction of sp³-hybridized carbons (Fsp3) is 0.613. The zero-order chi connectivity index (χ0) is 23.9. The molecule has 2 atom stereocenters. The van der Waals surface area contributed by atoms with Crippen LogP contribution < -0.4 is 9.47 Å². The van der Waals surface area contributed by atoms with Crippen molar-refractivity contribution in [1.82, 2.24) is 0 Å². The van der Waals surface area contributed by atoms with Crippen LogP contribution in [-0.2, 0) is 15.9 Å². The molecule has 5 rings (SSSR count). The summed E-state index contributed by atoms with van der Waals surface area (Å²) in [5.41, 5.74) is 4.27. The van der Waals surface area contributed by atoms with E-state index in [1.165, 1.54) is 80.2 Å². The lowest BCUT2D eigenvalue weighted by Crippen LogP contribution is -2.15. The van der Waals surface area contributed by atoms with Gasteiger partial charge in [0.25, 0.3) is 0 Å². The van der Waals surface area contributed by atoms with E-state index in [0.29, 0.717) is 37.3 Å². The largest absolute Gasteiger partial charge is 0.491 e. The minimum Gasteiger partial charge on any atom is -0.491 e. The summed E-state index contributed by atoms with van der Waals surface area (Å²) in [6.45, 7) is 5.32. The summed E-state index contributed by atoms with van der Waals surface area (Å²) in [6.07, 6.45) is 13.2. The minimum absolute atomic E-state index is 0.292. The van der Waals surface area contributed by atoms with Crippen LogP contribution in [0.3, 0.4) is 0 Å². The molecule has 1 aliphatic carbocycles. The first-order chi connectivity index (χ1) is 17.3. The monoisotopic (exact) mass is 478 g/mol. The second-order valence-electron chi connectivity index (χ2n) is 10.6. The van der Waals surface area contributed by atoms with Gasteiger partial charge in [0.15, 0.2) is 0 Å². The van der Waals surface area contributed by atoms with Gasteiger partial charge >= 0.3 is 0 Å². The molecule has 0 spiro atoms. The molecule has 1 saturated carbocycles. The number of unbranched alkanes of at least 4 members (excludes halogenated alkanes) is 4. The summed E-state index contributed by atoms with van der Waals surface area (Å²) in [6, 6.07) is 15.6. The van der Waals surface area contributed by atoms with Crippen molar-refractivity contribution in [2.45, 2.75) is 95.2 Å². The first-order valence-electron chi connectivity index (χ1n) is 14.0. The molecule has 190 valence electrons. The molecular weight excluding hydrogens is 436 g/mol. The van der Waals surface area contributed by atoms with Crippen LogP contribution in [-0.4, -0.2) is 38.6 Å². The molecule has 0 radical (unpaired) electrons. The predicted octanol–water partition coefficient (Wildman–Crippen LogP) is 7.20. The van der Waals surface area contributed by atoms with Crippen LogP contribution >= 0.6 is 0 Å². The lowest BCUT2D eigenvalue weighted by molar-refractivity contribution is 0.255. The van der Waals surface area contributed by atoms with Crippen molar-refractivity contribution in [3.63, 3.8) is 0 Å². The molecule has 2 aliphatic heterocycles. The van der Waals surface area contributed by atoms with Gasteiger partial charge in [-0.05, 0) is 79.2 Å². The molecule has 35 heavy (non-hydrogen) atoms. The standard InChI is InChI=1S/C31H42O4/c1-2-3-4-5-6-8-26-9-7-10-30(31(26)35-22-29-21-34-29)25-13-11-23(12-14-25)24-15-17-27(18-16-24)32-19-28-20-33-28/h7,9-10,15-18,23,25,28-29H,2-6,8,11-14,19-22H2,1H3. The fourth-order valence-corrected chi connectivity index (χ4v) is 5.49. The van der Waals surface area contributed by atoms with Crippen LogP contribution in [0.1, 0.15) is 93.2 Å². The van der Waals surface area contributed by atoms with E-state index in [1.54, 1.807) is 0 Å². The summed E-state index contributed by atoms with van der Waals surface area (Å²) in [4.78, 5) is 0. The Balaban J connectivity index is 1.19. The zero-order valence-electron chi connectivity index (χ0n) is 21.4. The Morgan fingerprint density at radius 2 is 1.40 bits per heavy atom. The number of benzene rings is 2. The summed E-state index contributed by atoms with van der Waals surface area (Å²) in [7, 11) is 0. The molecule has 2 saturated heterocycles. The molecule has 2 aromatic carbocycles. The first-order valence-corrected chi connectivity index (χ1v) is 14.0. The first kappa shape index (κ1) is 24.6. The fourth-order valence-electron chi connectivity index (χ4n) is 5.49. The van der Waals surface area contributed by atoms with Gasteiger partial charge in [-0.15, -0.1) is 0 Å². The molecule has 2 unspecified atom stereocenters. The Kier molecular flexibility index (Phi) is 8.64. The Labute approximate surface area is 211 Å². The summed E-state index contributed by atoms with van der Waals surface area (Å²) in [5, 5.41) is 0. The average molecular weight is 479 g/mol. The van der Waals surface area contributed by atoms with E-state index in [0.717, 1.165) is 25.4 Å². The van der Waals surface area contributed by atoms with Crippen LogP contribution in [0, 0.1) is 0 Å². The highest BCUT2D eigenvalue weighted by Gasteiger charge is 2.29. The summed E-state index contributed by atoms with van der Waals surface area (Å²) < 4.78 is 22.9. The van der Waals surface area contributed by atoms with Crippen molar-refractivity contribution in [3.8, 4) is 11.5 Å². The van der Waals surface area contributed by atoms with E-state index >= 15 is 0 Å². The molecule has 0 bridgehead atoms. The molecule has 0 aromatic heterocycles. The van der Waals surface area contributed by atoms with Crippen molar-refractivity contribution in [2.75, 3.05) is 26.4 Å². The Bertz CT molecular complexity index is 908. The Hall–Kier alpha value is -2.04. The maximum Gasteiger partial charge on any atom is 0.126 e. The van der Waals surface area contributed by atoms with Gasteiger partial charge in [-0.3, -0.25) is 0 Å². The van der Waals surface area contributed by atoms with Crippen LogP contribution in [0.5, 0.6) is 11.5 Å². The van der Waals surface area contributed by atoms with Crippen LogP contribution in [0.15, 0.2) is 42.5 Å². The smallest absolute Gasteiger partial charge is 0.126 e. The number of hydrogen-bond donors (Lipinski definition) is 0. The maximum absolute atomic E-state index is 6.44. The van der Waals surface area contributed by atoms with E-state index in [-0.39, 0.29) is 0 Å². The van der Waals surface area contributed by atoms with Gasteiger partial charge in [0.2, 0.25) is 0 Å². The lowest BCUT2D eigenvalue weighted by atomic mass is 9.75. The quantitative estimate of drug-likeness (QED) is 0.213. The molecule has 4 nitrogen and oxygen atoms in total. The van der Waals surface area contributed by atoms with E-state index in [2.05, 4.69) is 49.4 Å². The van der Waals surface area contributed by atoms with Gasteiger partial charge in [-0.1, -0.05) is 62.9 Å². The summed E-state index contributed by atoms with van der Waals surface area (Å²) >= 11 is 0. The normalized spacial score (nSPS) is 25.3. The molecule has 0 N–H and O–H groups in total. The van der Waals surface area contributed by atoms with Gasteiger partial charge < -0.3 is 18.9 Å². The highest BCUT2D eigenvalue weighted by molar-refractivity contribution is 5.44.